The van der Waals surface area contributed by atoms with Crippen molar-refractivity contribution in [3.8, 4) is 5.69 Å². The van der Waals surface area contributed by atoms with Gasteiger partial charge >= 0.3 is 0 Å². The van der Waals surface area contributed by atoms with Crippen LogP contribution in [-0.4, -0.2) is 10.4 Å². The fourth-order valence-corrected chi connectivity index (χ4v) is 4.52. The van der Waals surface area contributed by atoms with E-state index in [1.165, 1.54) is 10.8 Å². The molecule has 2 nitrogen and oxygen atoms in total. The largest absolute Gasteiger partial charge is 0.309 e. The van der Waals surface area contributed by atoms with Crippen molar-refractivity contribution in [2.24, 2.45) is 0 Å². The molecule has 1 aliphatic rings. The molecule has 1 aromatic heterocycles. The molecule has 0 aliphatic heterocycles. The highest BCUT2D eigenvalue weighted by Crippen LogP contribution is 2.34. The molecular weight excluding hydrogens is 342 g/mol. The molecule has 0 atom stereocenters. The third-order valence-corrected chi connectivity index (χ3v) is 5.82. The first-order valence-electron chi connectivity index (χ1n) is 9.55. The Kier molecular flexibility index (Phi) is 3.12. The Morgan fingerprint density at radius 1 is 0.607 bits per heavy atom. The SMILES string of the molecule is O=C1c2ccccc2Cc2ccc(-n3c4ccccc4c4ccccc43)cc21. The van der Waals surface area contributed by atoms with Crippen LogP contribution in [0.4, 0.5) is 0 Å². The number of rotatable bonds is 1. The summed E-state index contributed by atoms with van der Waals surface area (Å²) < 4.78 is 2.26. The van der Waals surface area contributed by atoms with Gasteiger partial charge in [-0.15, -0.1) is 0 Å². The third-order valence-electron chi connectivity index (χ3n) is 5.82. The summed E-state index contributed by atoms with van der Waals surface area (Å²) in [5.74, 6) is 0.125. The number of carbonyl (C=O) groups excluding carboxylic acids is 1. The van der Waals surface area contributed by atoms with Crippen LogP contribution >= 0.6 is 0 Å². The Bertz CT molecular complexity index is 1350. The first-order chi connectivity index (χ1) is 13.8. The Labute approximate surface area is 162 Å². The summed E-state index contributed by atoms with van der Waals surface area (Å²) >= 11 is 0. The highest BCUT2D eigenvalue weighted by molar-refractivity contribution is 6.13. The minimum absolute atomic E-state index is 0.125. The van der Waals surface area contributed by atoms with Gasteiger partial charge in [-0.25, -0.2) is 0 Å². The molecule has 0 saturated heterocycles. The van der Waals surface area contributed by atoms with Crippen molar-refractivity contribution in [3.63, 3.8) is 0 Å². The summed E-state index contributed by atoms with van der Waals surface area (Å²) in [5, 5.41) is 2.46. The van der Waals surface area contributed by atoms with Gasteiger partial charge in [-0.05, 0) is 41.8 Å². The van der Waals surface area contributed by atoms with Crippen molar-refractivity contribution in [1.29, 1.82) is 0 Å². The standard InChI is InChI=1S/C26H17NO/c28-26-20-8-2-1-7-17(20)15-18-13-14-19(16-23(18)26)27-24-11-5-3-9-21(24)22-10-4-6-12-25(22)27/h1-14,16H,15H2. The van der Waals surface area contributed by atoms with Gasteiger partial charge in [0, 0.05) is 27.6 Å². The van der Waals surface area contributed by atoms with E-state index in [0.29, 0.717) is 0 Å². The van der Waals surface area contributed by atoms with Crippen molar-refractivity contribution in [3.05, 3.63) is 113 Å². The van der Waals surface area contributed by atoms with Crippen LogP contribution in [-0.2, 0) is 6.42 Å². The molecule has 0 saturated carbocycles. The van der Waals surface area contributed by atoms with Crippen molar-refractivity contribution >= 4 is 27.6 Å². The van der Waals surface area contributed by atoms with Crippen molar-refractivity contribution < 1.29 is 4.79 Å². The first-order valence-corrected chi connectivity index (χ1v) is 9.55. The maximum Gasteiger partial charge on any atom is 0.193 e. The topological polar surface area (TPSA) is 22.0 Å². The number of hydrogen-bond acceptors (Lipinski definition) is 1. The summed E-state index contributed by atoms with van der Waals surface area (Å²) in [7, 11) is 0. The van der Waals surface area contributed by atoms with Gasteiger partial charge in [0.1, 0.15) is 0 Å². The maximum atomic E-state index is 13.1. The Morgan fingerprint density at radius 3 is 1.96 bits per heavy atom. The average Bonchev–Trinajstić information content (AvgIpc) is 3.08. The molecule has 0 radical (unpaired) electrons. The van der Waals surface area contributed by atoms with Gasteiger partial charge in [-0.2, -0.15) is 0 Å². The van der Waals surface area contributed by atoms with Crippen molar-refractivity contribution in [1.82, 2.24) is 4.57 Å². The molecule has 0 spiro atoms. The van der Waals surface area contributed by atoms with Crippen LogP contribution in [0.2, 0.25) is 0 Å². The third kappa shape index (κ3) is 2.06. The normalized spacial score (nSPS) is 12.9. The van der Waals surface area contributed by atoms with Crippen molar-refractivity contribution in [2.75, 3.05) is 0 Å². The summed E-state index contributed by atoms with van der Waals surface area (Å²) in [6.45, 7) is 0. The Hall–Kier alpha value is -3.65. The molecule has 132 valence electrons. The number of aromatic nitrogens is 1. The van der Waals surface area contributed by atoms with Gasteiger partial charge in [-0.1, -0.05) is 66.7 Å². The first kappa shape index (κ1) is 15.4. The zero-order valence-corrected chi connectivity index (χ0v) is 15.2. The van der Waals surface area contributed by atoms with Gasteiger partial charge in [0.25, 0.3) is 0 Å². The van der Waals surface area contributed by atoms with Gasteiger partial charge in [-0.3, -0.25) is 4.79 Å². The molecule has 6 rings (SSSR count). The second-order valence-corrected chi connectivity index (χ2v) is 7.37. The summed E-state index contributed by atoms with van der Waals surface area (Å²) in [6.07, 6.45) is 0.810. The van der Waals surface area contributed by atoms with Crippen LogP contribution in [0.5, 0.6) is 0 Å². The number of hydrogen-bond donors (Lipinski definition) is 0. The monoisotopic (exact) mass is 359 g/mol. The van der Waals surface area contributed by atoms with Gasteiger partial charge < -0.3 is 4.57 Å². The molecule has 0 bridgehead atoms. The van der Waals surface area contributed by atoms with Crippen LogP contribution in [0, 0.1) is 0 Å². The summed E-state index contributed by atoms with van der Waals surface area (Å²) in [4.78, 5) is 13.1. The molecule has 0 N–H and O–H groups in total. The molecule has 2 heteroatoms. The van der Waals surface area contributed by atoms with Gasteiger partial charge in [0.05, 0.1) is 11.0 Å². The van der Waals surface area contributed by atoms with E-state index in [4.69, 9.17) is 0 Å². The number of benzene rings is 4. The van der Waals surface area contributed by atoms with E-state index in [9.17, 15) is 4.79 Å². The van der Waals surface area contributed by atoms with Gasteiger partial charge in [0.2, 0.25) is 0 Å². The number of para-hydroxylation sites is 2. The molecule has 4 aromatic carbocycles. The van der Waals surface area contributed by atoms with Crippen LogP contribution in [0.1, 0.15) is 27.0 Å². The fourth-order valence-electron chi connectivity index (χ4n) is 4.52. The lowest BCUT2D eigenvalue weighted by molar-refractivity contribution is 0.103. The smallest absolute Gasteiger partial charge is 0.193 e. The molecule has 28 heavy (non-hydrogen) atoms. The predicted octanol–water partition coefficient (Wildman–Crippen LogP) is 5.92. The lowest BCUT2D eigenvalue weighted by atomic mass is 9.85. The number of ketones is 1. The molecule has 0 unspecified atom stereocenters. The molecule has 1 heterocycles. The average molecular weight is 359 g/mol. The molecular formula is C26H17NO. The second kappa shape index (κ2) is 5.67. The van der Waals surface area contributed by atoms with Crippen LogP contribution < -0.4 is 0 Å². The van der Waals surface area contributed by atoms with E-state index >= 15 is 0 Å². The van der Waals surface area contributed by atoms with Crippen molar-refractivity contribution in [2.45, 2.75) is 6.42 Å². The molecule has 5 aromatic rings. The minimum atomic E-state index is 0.125. The minimum Gasteiger partial charge on any atom is -0.309 e. The van der Waals surface area contributed by atoms with E-state index < -0.39 is 0 Å². The number of nitrogens with zero attached hydrogens (tertiary/aromatic N) is 1. The van der Waals surface area contributed by atoms with E-state index in [-0.39, 0.29) is 5.78 Å². The quantitative estimate of drug-likeness (QED) is 0.357. The summed E-state index contributed by atoms with van der Waals surface area (Å²) in [6, 6.07) is 31.1. The zero-order valence-electron chi connectivity index (χ0n) is 15.2. The van der Waals surface area contributed by atoms with E-state index in [1.807, 2.05) is 18.2 Å². The second-order valence-electron chi connectivity index (χ2n) is 7.37. The molecule has 0 amide bonds. The fraction of sp³-hybridized carbons (Fsp3) is 0.0385. The van der Waals surface area contributed by atoms with Gasteiger partial charge in [0.15, 0.2) is 5.78 Å². The lowest BCUT2D eigenvalue weighted by Crippen LogP contribution is -2.15. The van der Waals surface area contributed by atoms with Crippen LogP contribution in [0.25, 0.3) is 27.5 Å². The number of carbonyl (C=O) groups is 1. The predicted molar refractivity (Wildman–Crippen MR) is 113 cm³/mol. The maximum absolute atomic E-state index is 13.1. The van der Waals surface area contributed by atoms with E-state index in [0.717, 1.165) is 45.4 Å². The highest BCUT2D eigenvalue weighted by Gasteiger charge is 2.23. The van der Waals surface area contributed by atoms with E-state index in [2.05, 4.69) is 77.4 Å². The Morgan fingerprint density at radius 2 is 1.21 bits per heavy atom. The zero-order chi connectivity index (χ0) is 18.7. The number of fused-ring (bicyclic) bond motifs is 5. The van der Waals surface area contributed by atoms with E-state index in [1.54, 1.807) is 0 Å². The van der Waals surface area contributed by atoms with Crippen LogP contribution in [0.3, 0.4) is 0 Å². The van der Waals surface area contributed by atoms with Crippen LogP contribution in [0.15, 0.2) is 91.0 Å². The Balaban J connectivity index is 1.62. The lowest BCUT2D eigenvalue weighted by Gasteiger charge is -2.20. The summed E-state index contributed by atoms with van der Waals surface area (Å²) in [5.41, 5.74) is 7.22. The molecule has 1 aliphatic carbocycles. The molecule has 0 fully saturated rings. The highest BCUT2D eigenvalue weighted by atomic mass is 16.1.